The summed E-state index contributed by atoms with van der Waals surface area (Å²) in [5.41, 5.74) is 0. The van der Waals surface area contributed by atoms with Crippen LogP contribution in [-0.2, 0) is 9.47 Å². The van der Waals surface area contributed by atoms with Gasteiger partial charge in [-0.1, -0.05) is 36.5 Å². The van der Waals surface area contributed by atoms with Crippen molar-refractivity contribution in [1.29, 1.82) is 0 Å². The van der Waals surface area contributed by atoms with Crippen molar-refractivity contribution in [3.63, 3.8) is 0 Å². The van der Waals surface area contributed by atoms with Gasteiger partial charge in [0.15, 0.2) is 5.76 Å². The summed E-state index contributed by atoms with van der Waals surface area (Å²) in [7, 11) is 1.60. The van der Waals surface area contributed by atoms with Gasteiger partial charge in [0.05, 0.1) is 7.11 Å². The van der Waals surface area contributed by atoms with Crippen molar-refractivity contribution in [3.05, 3.63) is 72.5 Å². The van der Waals surface area contributed by atoms with Crippen LogP contribution in [0.4, 0.5) is 0 Å². The highest BCUT2D eigenvalue weighted by molar-refractivity contribution is 5.23. The molecule has 2 nitrogen and oxygen atoms in total. The van der Waals surface area contributed by atoms with E-state index in [1.165, 1.54) is 0 Å². The Morgan fingerprint density at radius 3 is 2.06 bits per heavy atom. The van der Waals surface area contributed by atoms with E-state index in [0.717, 1.165) is 5.76 Å². The fourth-order valence-corrected chi connectivity index (χ4v) is 1.09. The molecule has 0 saturated heterocycles. The van der Waals surface area contributed by atoms with Gasteiger partial charge in [0.1, 0.15) is 12.0 Å². The quantitative estimate of drug-likeness (QED) is 0.480. The molecule has 0 aliphatic heterocycles. The maximum atomic E-state index is 5.72. The third kappa shape index (κ3) is 8.22. The molecule has 0 unspecified atom stereocenters. The van der Waals surface area contributed by atoms with Crippen molar-refractivity contribution < 1.29 is 9.47 Å². The van der Waals surface area contributed by atoms with E-state index in [1.807, 2.05) is 75.5 Å². The first-order valence-electron chi connectivity index (χ1n) is 5.94. The van der Waals surface area contributed by atoms with Gasteiger partial charge in [-0.15, -0.1) is 0 Å². The molecule has 2 heteroatoms. The molecule has 0 aromatic heterocycles. The van der Waals surface area contributed by atoms with Crippen molar-refractivity contribution in [2.24, 2.45) is 0 Å². The van der Waals surface area contributed by atoms with Crippen molar-refractivity contribution >= 4 is 0 Å². The Kier molecular flexibility index (Phi) is 10.3. The third-order valence-electron chi connectivity index (χ3n) is 1.82. The average molecular weight is 246 g/mol. The van der Waals surface area contributed by atoms with E-state index in [9.17, 15) is 0 Å². The van der Waals surface area contributed by atoms with Crippen molar-refractivity contribution in [1.82, 2.24) is 0 Å². The molecule has 0 aliphatic carbocycles. The molecule has 0 bridgehead atoms. The topological polar surface area (TPSA) is 18.5 Å². The Hall–Kier alpha value is -1.96. The van der Waals surface area contributed by atoms with Gasteiger partial charge in [0.2, 0.25) is 0 Å². The maximum absolute atomic E-state index is 5.72. The lowest BCUT2D eigenvalue weighted by molar-refractivity contribution is 0.277. The maximum Gasteiger partial charge on any atom is 0.161 e. The van der Waals surface area contributed by atoms with Crippen LogP contribution < -0.4 is 0 Å². The van der Waals surface area contributed by atoms with Crippen molar-refractivity contribution in [2.75, 3.05) is 7.11 Å². The lowest BCUT2D eigenvalue weighted by Gasteiger charge is -2.06. The van der Waals surface area contributed by atoms with Crippen molar-refractivity contribution in [2.45, 2.75) is 20.8 Å². The molecule has 0 fully saturated rings. The third-order valence-corrected chi connectivity index (χ3v) is 1.82. The Balaban J connectivity index is 4.88. The summed E-state index contributed by atoms with van der Waals surface area (Å²) < 4.78 is 10.7. The minimum atomic E-state index is 0.643. The molecule has 0 atom stereocenters. The highest BCUT2D eigenvalue weighted by atomic mass is 16.5. The number of ether oxygens (including phenoxy) is 2. The van der Waals surface area contributed by atoms with E-state index in [2.05, 4.69) is 0 Å². The number of rotatable bonds is 7. The summed E-state index contributed by atoms with van der Waals surface area (Å²) in [4.78, 5) is 0. The molecule has 18 heavy (non-hydrogen) atoms. The van der Waals surface area contributed by atoms with Crippen LogP contribution in [0.1, 0.15) is 20.8 Å². The monoisotopic (exact) mass is 246 g/mol. The summed E-state index contributed by atoms with van der Waals surface area (Å²) in [6, 6.07) is 0. The van der Waals surface area contributed by atoms with Crippen LogP contribution in [0.25, 0.3) is 0 Å². The summed E-state index contributed by atoms with van der Waals surface area (Å²) in [6.07, 6.45) is 18.8. The highest BCUT2D eigenvalue weighted by Crippen LogP contribution is 2.10. The molecular weight excluding hydrogens is 224 g/mol. The zero-order chi connectivity index (χ0) is 13.6. The molecule has 0 radical (unpaired) electrons. The van der Waals surface area contributed by atoms with Gasteiger partial charge >= 0.3 is 0 Å². The molecule has 0 saturated carbocycles. The first-order valence-corrected chi connectivity index (χ1v) is 5.94. The minimum absolute atomic E-state index is 0.643. The van der Waals surface area contributed by atoms with Crippen molar-refractivity contribution in [3.8, 4) is 0 Å². The lowest BCUT2D eigenvalue weighted by Crippen LogP contribution is -1.89. The standard InChI is InChI=1S/C16H22O2/c1-5-8-10-13-16(14-17-4)18-15(11-7-3)12-9-6-2/h5-14H,1-4H3/b8-5-,9-6-,11-7-,13-10-,15-12+,16-14+. The molecule has 0 heterocycles. The van der Waals surface area contributed by atoms with Gasteiger partial charge in [-0.3, -0.25) is 0 Å². The summed E-state index contributed by atoms with van der Waals surface area (Å²) in [5, 5.41) is 0. The predicted molar refractivity (Wildman–Crippen MR) is 77.8 cm³/mol. The number of hydrogen-bond donors (Lipinski definition) is 0. The number of methoxy groups -OCH3 is 1. The van der Waals surface area contributed by atoms with Crippen LogP contribution in [0.15, 0.2) is 72.5 Å². The summed E-state index contributed by atoms with van der Waals surface area (Å²) in [6.45, 7) is 5.87. The first kappa shape index (κ1) is 16.0. The zero-order valence-corrected chi connectivity index (χ0v) is 11.6. The fourth-order valence-electron chi connectivity index (χ4n) is 1.09. The molecular formula is C16H22O2. The SMILES string of the molecule is C\C=C/C=C\C(=C/OC)OC(/C=C\C)=C/C=C\C. The lowest BCUT2D eigenvalue weighted by atomic mass is 10.3. The second-order valence-corrected chi connectivity index (χ2v) is 3.34. The molecule has 0 aliphatic rings. The molecule has 0 aromatic carbocycles. The zero-order valence-electron chi connectivity index (χ0n) is 11.6. The molecule has 0 rings (SSSR count). The molecule has 0 N–H and O–H groups in total. The normalized spacial score (nSPS) is 14.4. The molecule has 98 valence electrons. The van der Waals surface area contributed by atoms with E-state index in [0.29, 0.717) is 5.76 Å². The fraction of sp³-hybridized carbons (Fsp3) is 0.250. The Labute approximate surface area is 110 Å². The van der Waals surface area contributed by atoms with Crippen LogP contribution in [0, 0.1) is 0 Å². The second kappa shape index (κ2) is 11.5. The number of hydrogen-bond acceptors (Lipinski definition) is 2. The largest absolute Gasteiger partial charge is 0.500 e. The smallest absolute Gasteiger partial charge is 0.161 e. The Bertz CT molecular complexity index is 380. The van der Waals surface area contributed by atoms with Crippen LogP contribution in [0.5, 0.6) is 0 Å². The number of allylic oxidation sites excluding steroid dienone is 9. The van der Waals surface area contributed by atoms with E-state index in [-0.39, 0.29) is 0 Å². The Morgan fingerprint density at radius 2 is 1.50 bits per heavy atom. The Morgan fingerprint density at radius 1 is 0.778 bits per heavy atom. The second-order valence-electron chi connectivity index (χ2n) is 3.34. The molecule has 0 aromatic rings. The van der Waals surface area contributed by atoms with Gasteiger partial charge in [-0.05, 0) is 39.0 Å². The van der Waals surface area contributed by atoms with E-state index in [1.54, 1.807) is 13.4 Å². The summed E-state index contributed by atoms with van der Waals surface area (Å²) in [5.74, 6) is 1.40. The molecule has 0 spiro atoms. The van der Waals surface area contributed by atoms with Crippen LogP contribution in [0.3, 0.4) is 0 Å². The molecule has 0 amide bonds. The van der Waals surface area contributed by atoms with E-state index >= 15 is 0 Å². The van der Waals surface area contributed by atoms with Crippen LogP contribution in [-0.4, -0.2) is 7.11 Å². The van der Waals surface area contributed by atoms with Crippen LogP contribution >= 0.6 is 0 Å². The predicted octanol–water partition coefficient (Wildman–Crippen LogP) is 4.66. The average Bonchev–Trinajstić information content (AvgIpc) is 2.36. The highest BCUT2D eigenvalue weighted by Gasteiger charge is 1.96. The van der Waals surface area contributed by atoms with Gasteiger partial charge in [0.25, 0.3) is 0 Å². The summed E-state index contributed by atoms with van der Waals surface area (Å²) >= 11 is 0. The van der Waals surface area contributed by atoms with E-state index < -0.39 is 0 Å². The van der Waals surface area contributed by atoms with E-state index in [4.69, 9.17) is 9.47 Å². The minimum Gasteiger partial charge on any atom is -0.500 e. The van der Waals surface area contributed by atoms with Gasteiger partial charge < -0.3 is 9.47 Å². The first-order chi connectivity index (χ1) is 8.78. The van der Waals surface area contributed by atoms with Gasteiger partial charge in [-0.25, -0.2) is 0 Å². The van der Waals surface area contributed by atoms with Gasteiger partial charge in [0, 0.05) is 0 Å². The van der Waals surface area contributed by atoms with Gasteiger partial charge in [-0.2, -0.15) is 0 Å². The van der Waals surface area contributed by atoms with Crippen LogP contribution in [0.2, 0.25) is 0 Å².